The highest BCUT2D eigenvalue weighted by atomic mass is 16.4. The first-order valence-corrected chi connectivity index (χ1v) is 4.56. The third-order valence-corrected chi connectivity index (χ3v) is 2.14. The zero-order valence-corrected chi connectivity index (χ0v) is 8.24. The Hall–Kier alpha value is -2.21. The fourth-order valence-corrected chi connectivity index (χ4v) is 1.33. The molecule has 0 aliphatic carbocycles. The first-order chi connectivity index (χ1) is 7.72. The topological polar surface area (TPSA) is 88.2 Å². The van der Waals surface area contributed by atoms with Crippen molar-refractivity contribution in [3.63, 3.8) is 0 Å². The Labute approximate surface area is 90.8 Å². The zero-order chi connectivity index (χ0) is 11.5. The Kier molecular flexibility index (Phi) is 2.65. The highest BCUT2D eigenvalue weighted by molar-refractivity contribution is 5.87. The van der Waals surface area contributed by atoms with Crippen LogP contribution in [0.3, 0.4) is 0 Å². The monoisotopic (exact) mass is 219 g/mol. The van der Waals surface area contributed by atoms with Crippen LogP contribution in [0.1, 0.15) is 16.1 Å². The van der Waals surface area contributed by atoms with Crippen LogP contribution in [0, 0.1) is 0 Å². The molecule has 0 aliphatic rings. The Morgan fingerprint density at radius 3 is 2.56 bits per heavy atom. The highest BCUT2D eigenvalue weighted by Gasteiger charge is 2.06. The Morgan fingerprint density at radius 2 is 2.00 bits per heavy atom. The second kappa shape index (κ2) is 4.11. The Morgan fingerprint density at radius 1 is 1.31 bits per heavy atom. The van der Waals surface area contributed by atoms with E-state index in [1.807, 2.05) is 0 Å². The minimum absolute atomic E-state index is 0.173. The molecule has 6 nitrogen and oxygen atoms in total. The molecule has 16 heavy (non-hydrogen) atoms. The van der Waals surface area contributed by atoms with Crippen LogP contribution >= 0.6 is 0 Å². The molecular weight excluding hydrogens is 210 g/mol. The zero-order valence-electron chi connectivity index (χ0n) is 8.24. The van der Waals surface area contributed by atoms with E-state index in [1.54, 1.807) is 12.1 Å². The summed E-state index contributed by atoms with van der Waals surface area (Å²) in [5, 5.41) is 25.2. The maximum atomic E-state index is 10.6. The average Bonchev–Trinajstić information content (AvgIpc) is 2.77. The van der Waals surface area contributed by atoms with Crippen LogP contribution in [0.15, 0.2) is 30.5 Å². The summed E-state index contributed by atoms with van der Waals surface area (Å²) in [4.78, 5) is 10.6. The molecule has 0 saturated carbocycles. The summed E-state index contributed by atoms with van der Waals surface area (Å²) in [5.41, 5.74) is 1.41. The van der Waals surface area contributed by atoms with Gasteiger partial charge in [0, 0.05) is 0 Å². The molecule has 1 aromatic heterocycles. The average molecular weight is 219 g/mol. The minimum Gasteiger partial charge on any atom is -0.478 e. The van der Waals surface area contributed by atoms with Gasteiger partial charge >= 0.3 is 5.97 Å². The van der Waals surface area contributed by atoms with Crippen molar-refractivity contribution in [1.29, 1.82) is 0 Å². The quantitative estimate of drug-likeness (QED) is 0.782. The normalized spacial score (nSPS) is 10.3. The molecule has 82 valence electrons. The number of hydrogen-bond acceptors (Lipinski definition) is 4. The van der Waals surface area contributed by atoms with Crippen LogP contribution in [-0.4, -0.2) is 31.2 Å². The van der Waals surface area contributed by atoms with Gasteiger partial charge in [-0.25, -0.2) is 9.48 Å². The number of hydrogen-bond donors (Lipinski definition) is 2. The summed E-state index contributed by atoms with van der Waals surface area (Å²) in [6.45, 7) is -0.173. The van der Waals surface area contributed by atoms with Crippen molar-refractivity contribution in [3.05, 3.63) is 41.7 Å². The minimum atomic E-state index is -0.979. The Bertz CT molecular complexity index is 504. The van der Waals surface area contributed by atoms with E-state index < -0.39 is 5.97 Å². The molecule has 0 fully saturated rings. The van der Waals surface area contributed by atoms with Crippen molar-refractivity contribution in [2.24, 2.45) is 0 Å². The van der Waals surface area contributed by atoms with Crippen molar-refractivity contribution in [2.75, 3.05) is 0 Å². The van der Waals surface area contributed by atoms with Gasteiger partial charge in [-0.15, -0.1) is 5.10 Å². The maximum absolute atomic E-state index is 10.6. The molecule has 2 rings (SSSR count). The molecule has 1 aromatic carbocycles. The van der Waals surface area contributed by atoms with Gasteiger partial charge in [-0.2, -0.15) is 0 Å². The fourth-order valence-electron chi connectivity index (χ4n) is 1.33. The number of aromatic carboxylic acids is 1. The molecule has 1 heterocycles. The number of rotatable bonds is 3. The number of aliphatic hydroxyl groups is 1. The molecule has 0 amide bonds. The molecule has 0 spiro atoms. The number of aliphatic hydroxyl groups excluding tert-OH is 1. The van der Waals surface area contributed by atoms with Crippen molar-refractivity contribution < 1.29 is 15.0 Å². The lowest BCUT2D eigenvalue weighted by molar-refractivity contribution is 0.0697. The van der Waals surface area contributed by atoms with Crippen LogP contribution in [0.4, 0.5) is 0 Å². The molecule has 6 heteroatoms. The van der Waals surface area contributed by atoms with Gasteiger partial charge in [0.2, 0.25) is 0 Å². The fraction of sp³-hybridized carbons (Fsp3) is 0.100. The van der Waals surface area contributed by atoms with Gasteiger partial charge < -0.3 is 10.2 Å². The first kappa shape index (κ1) is 10.3. The first-order valence-electron chi connectivity index (χ1n) is 4.56. The smallest absolute Gasteiger partial charge is 0.335 e. The van der Waals surface area contributed by atoms with Gasteiger partial charge in [-0.3, -0.25) is 0 Å². The Balaban J connectivity index is 2.38. The van der Waals surface area contributed by atoms with Crippen molar-refractivity contribution in [1.82, 2.24) is 15.0 Å². The van der Waals surface area contributed by atoms with E-state index in [0.29, 0.717) is 11.4 Å². The number of aromatic nitrogens is 3. The van der Waals surface area contributed by atoms with E-state index in [0.717, 1.165) is 0 Å². The van der Waals surface area contributed by atoms with E-state index in [2.05, 4.69) is 10.3 Å². The second-order valence-corrected chi connectivity index (χ2v) is 3.15. The van der Waals surface area contributed by atoms with Gasteiger partial charge in [0.15, 0.2) is 0 Å². The van der Waals surface area contributed by atoms with Gasteiger partial charge in [0.25, 0.3) is 0 Å². The summed E-state index contributed by atoms with van der Waals surface area (Å²) >= 11 is 0. The van der Waals surface area contributed by atoms with E-state index >= 15 is 0 Å². The highest BCUT2D eigenvalue weighted by Crippen LogP contribution is 2.11. The predicted molar refractivity (Wildman–Crippen MR) is 54.2 cm³/mol. The van der Waals surface area contributed by atoms with E-state index in [-0.39, 0.29) is 12.2 Å². The third kappa shape index (κ3) is 1.78. The lowest BCUT2D eigenvalue weighted by atomic mass is 10.2. The van der Waals surface area contributed by atoms with Crippen LogP contribution in [0.5, 0.6) is 0 Å². The van der Waals surface area contributed by atoms with Gasteiger partial charge in [-0.05, 0) is 24.3 Å². The molecular formula is C10H9N3O3. The van der Waals surface area contributed by atoms with Gasteiger partial charge in [0.05, 0.1) is 29.7 Å². The van der Waals surface area contributed by atoms with Crippen molar-refractivity contribution in [3.8, 4) is 5.69 Å². The molecule has 0 radical (unpaired) electrons. The number of carbonyl (C=O) groups is 1. The maximum Gasteiger partial charge on any atom is 0.335 e. The molecule has 2 N–H and O–H groups in total. The second-order valence-electron chi connectivity index (χ2n) is 3.15. The summed E-state index contributed by atoms with van der Waals surface area (Å²) < 4.78 is 1.45. The van der Waals surface area contributed by atoms with Gasteiger partial charge in [-0.1, -0.05) is 5.21 Å². The number of carboxylic acids is 1. The van der Waals surface area contributed by atoms with E-state index in [4.69, 9.17) is 10.2 Å². The molecule has 0 unspecified atom stereocenters. The molecule has 0 atom stereocenters. The van der Waals surface area contributed by atoms with Gasteiger partial charge in [0.1, 0.15) is 0 Å². The van der Waals surface area contributed by atoms with Crippen LogP contribution in [0.2, 0.25) is 0 Å². The lowest BCUT2D eigenvalue weighted by Crippen LogP contribution is -2.03. The lowest BCUT2D eigenvalue weighted by Gasteiger charge is -2.03. The number of nitrogens with zero attached hydrogens (tertiary/aromatic N) is 3. The van der Waals surface area contributed by atoms with E-state index in [9.17, 15) is 4.79 Å². The molecule has 0 bridgehead atoms. The summed E-state index contributed by atoms with van der Waals surface area (Å²) in [6, 6.07) is 6.16. The van der Waals surface area contributed by atoms with Crippen LogP contribution in [-0.2, 0) is 6.61 Å². The summed E-state index contributed by atoms with van der Waals surface area (Å²) in [6.07, 6.45) is 1.45. The predicted octanol–water partition coefficient (Wildman–Crippen LogP) is 0.458. The SMILES string of the molecule is O=C(O)c1ccc(-n2nncc2CO)cc1. The van der Waals surface area contributed by atoms with E-state index in [1.165, 1.54) is 23.0 Å². The largest absolute Gasteiger partial charge is 0.478 e. The standard InChI is InChI=1S/C10H9N3O3/c14-6-9-5-11-12-13(9)8-3-1-7(2-4-8)10(15)16/h1-5,14H,6H2,(H,15,16). The molecule has 0 saturated heterocycles. The molecule has 0 aliphatic heterocycles. The van der Waals surface area contributed by atoms with Crippen LogP contribution < -0.4 is 0 Å². The number of benzene rings is 1. The van der Waals surface area contributed by atoms with Crippen molar-refractivity contribution >= 4 is 5.97 Å². The summed E-state index contributed by atoms with van der Waals surface area (Å²) in [5.74, 6) is -0.979. The van der Waals surface area contributed by atoms with Crippen molar-refractivity contribution in [2.45, 2.75) is 6.61 Å². The summed E-state index contributed by atoms with van der Waals surface area (Å²) in [7, 11) is 0. The van der Waals surface area contributed by atoms with Crippen LogP contribution in [0.25, 0.3) is 5.69 Å². The number of carboxylic acid groups (broad SMARTS) is 1. The third-order valence-electron chi connectivity index (χ3n) is 2.14. The molecule has 2 aromatic rings.